The molecule has 11 N–H and O–H groups in total. The first-order valence-corrected chi connectivity index (χ1v) is 24.5. The zero-order valence-corrected chi connectivity index (χ0v) is 41.7. The lowest BCUT2D eigenvalue weighted by Gasteiger charge is -2.29. The highest BCUT2D eigenvalue weighted by Crippen LogP contribution is 2.14. The van der Waals surface area contributed by atoms with Crippen LogP contribution in [0.15, 0.2) is 30.3 Å². The molecule has 0 bridgehead atoms. The van der Waals surface area contributed by atoms with E-state index in [9.17, 15) is 48.6 Å². The van der Waals surface area contributed by atoms with Gasteiger partial charge < -0.3 is 53.2 Å². The van der Waals surface area contributed by atoms with E-state index in [1.54, 1.807) is 30.3 Å². The van der Waals surface area contributed by atoms with Crippen LogP contribution in [0.3, 0.4) is 0 Å². The molecule has 1 rings (SSSR count). The number of carbonyl (C=O) groups is 8. The summed E-state index contributed by atoms with van der Waals surface area (Å²) in [6.07, 6.45) is 3.03. The molecule has 1 aromatic rings. The third-order valence-corrected chi connectivity index (χ3v) is 11.0. The summed E-state index contributed by atoms with van der Waals surface area (Å²) in [6, 6.07) is -0.453. The van der Waals surface area contributed by atoms with Crippen LogP contribution >= 0.6 is 11.8 Å². The Bertz CT molecular complexity index is 1710. The van der Waals surface area contributed by atoms with Crippen LogP contribution in [0.4, 0.5) is 0 Å². The standard InChI is InChI=1S/C47H80N8O10S/c1-26(2)19-33(49-42(59)35(21-28(5)6)52-46(63)39(25-56)55-40(57)32(48)17-18-66-11)41(58)50-34(20-27(3)4)43(60)53-37(24-31-15-13-12-14-16-31)45(62)51-36(22-29(7)8)44(61)54-38(47(64)65)23-30(9)10/h12-16,26-30,32-39,56H,17-25,48H2,1-11H3,(H,49,59)(H,50,58)(H,51,62)(H,52,63)(H,53,60)(H,54,61)(H,55,57)(H,64,65)/t32-,33-,34-,35-,36-,37-,38-,39-/m0/s1. The second-order valence-electron chi connectivity index (χ2n) is 19.2. The summed E-state index contributed by atoms with van der Waals surface area (Å²) in [5, 5.41) is 38.5. The number of hydrogen-bond donors (Lipinski definition) is 10. The van der Waals surface area contributed by atoms with E-state index in [1.165, 1.54) is 11.8 Å². The Labute approximate surface area is 396 Å². The summed E-state index contributed by atoms with van der Waals surface area (Å²) in [7, 11) is 0. The second-order valence-corrected chi connectivity index (χ2v) is 20.2. The van der Waals surface area contributed by atoms with Crippen molar-refractivity contribution in [2.75, 3.05) is 18.6 Å². The van der Waals surface area contributed by atoms with Gasteiger partial charge in [0.2, 0.25) is 41.4 Å². The van der Waals surface area contributed by atoms with Gasteiger partial charge in [0.1, 0.15) is 42.3 Å². The average molecular weight is 949 g/mol. The van der Waals surface area contributed by atoms with Crippen molar-refractivity contribution in [3.63, 3.8) is 0 Å². The monoisotopic (exact) mass is 949 g/mol. The van der Waals surface area contributed by atoms with E-state index >= 15 is 0 Å². The fourth-order valence-electron chi connectivity index (χ4n) is 7.05. The lowest BCUT2D eigenvalue weighted by molar-refractivity contribution is -0.143. The summed E-state index contributed by atoms with van der Waals surface area (Å²) in [5.41, 5.74) is 6.65. The van der Waals surface area contributed by atoms with E-state index in [0.29, 0.717) is 17.7 Å². The van der Waals surface area contributed by atoms with Crippen LogP contribution in [0.25, 0.3) is 0 Å². The molecule has 0 fully saturated rings. The van der Waals surface area contributed by atoms with E-state index < -0.39 is 102 Å². The van der Waals surface area contributed by atoms with Crippen LogP contribution in [-0.2, 0) is 44.8 Å². The maximum atomic E-state index is 14.3. The van der Waals surface area contributed by atoms with Gasteiger partial charge in [0.25, 0.3) is 0 Å². The number of hydrogen-bond acceptors (Lipinski definition) is 11. The minimum atomic E-state index is -1.39. The molecule has 66 heavy (non-hydrogen) atoms. The molecule has 0 saturated carbocycles. The number of nitrogens with one attached hydrogen (secondary N) is 7. The molecule has 0 unspecified atom stereocenters. The summed E-state index contributed by atoms with van der Waals surface area (Å²) in [5.74, 6) is -5.93. The summed E-state index contributed by atoms with van der Waals surface area (Å²) >= 11 is 1.50. The maximum absolute atomic E-state index is 14.3. The molecular formula is C47H80N8O10S. The van der Waals surface area contributed by atoms with Gasteiger partial charge in [-0.2, -0.15) is 11.8 Å². The highest BCUT2D eigenvalue weighted by Gasteiger charge is 2.35. The zero-order valence-electron chi connectivity index (χ0n) is 40.9. The van der Waals surface area contributed by atoms with Gasteiger partial charge >= 0.3 is 5.97 Å². The lowest BCUT2D eigenvalue weighted by atomic mass is 9.98. The predicted octanol–water partition coefficient (Wildman–Crippen LogP) is 2.01. The van der Waals surface area contributed by atoms with Crippen LogP contribution in [0.5, 0.6) is 0 Å². The third kappa shape index (κ3) is 23.1. The van der Waals surface area contributed by atoms with E-state index in [-0.39, 0.29) is 68.1 Å². The molecule has 8 atom stereocenters. The number of aliphatic carboxylic acids is 1. The Morgan fingerprint density at radius 3 is 1.12 bits per heavy atom. The van der Waals surface area contributed by atoms with Gasteiger partial charge in [0.05, 0.1) is 12.6 Å². The SMILES string of the molecule is CSCC[C@H](N)C(=O)N[C@@H](CO)C(=O)N[C@@H](CC(C)C)C(=O)N[C@@H](CC(C)C)C(=O)N[C@@H](CC(C)C)C(=O)N[C@@H](Cc1ccccc1)C(=O)N[C@@H](CC(C)C)C(=O)N[C@@H](CC(C)C)C(=O)O. The van der Waals surface area contributed by atoms with Crippen molar-refractivity contribution < 1.29 is 48.6 Å². The minimum absolute atomic E-state index is 0.0164. The van der Waals surface area contributed by atoms with E-state index in [2.05, 4.69) is 37.2 Å². The summed E-state index contributed by atoms with van der Waals surface area (Å²) < 4.78 is 0. The molecule has 374 valence electrons. The smallest absolute Gasteiger partial charge is 0.326 e. The minimum Gasteiger partial charge on any atom is -0.480 e. The van der Waals surface area contributed by atoms with Crippen LogP contribution in [0, 0.1) is 29.6 Å². The van der Waals surface area contributed by atoms with Crippen molar-refractivity contribution in [2.24, 2.45) is 35.3 Å². The Morgan fingerprint density at radius 2 is 0.788 bits per heavy atom. The number of aliphatic hydroxyl groups is 1. The molecular weight excluding hydrogens is 869 g/mol. The van der Waals surface area contributed by atoms with Gasteiger partial charge in [-0.25, -0.2) is 4.79 Å². The number of amides is 7. The van der Waals surface area contributed by atoms with Crippen molar-refractivity contribution in [3.05, 3.63) is 35.9 Å². The fraction of sp³-hybridized carbons (Fsp3) is 0.702. The molecule has 0 aromatic heterocycles. The molecule has 0 radical (unpaired) electrons. The highest BCUT2D eigenvalue weighted by molar-refractivity contribution is 7.98. The second kappa shape index (κ2) is 30.5. The fourth-order valence-corrected chi connectivity index (χ4v) is 7.54. The maximum Gasteiger partial charge on any atom is 0.326 e. The zero-order chi connectivity index (χ0) is 50.3. The van der Waals surface area contributed by atoms with Crippen LogP contribution in [0.1, 0.15) is 113 Å². The van der Waals surface area contributed by atoms with Gasteiger partial charge in [-0.3, -0.25) is 33.6 Å². The number of benzene rings is 1. The van der Waals surface area contributed by atoms with Crippen molar-refractivity contribution in [3.8, 4) is 0 Å². The van der Waals surface area contributed by atoms with Gasteiger partial charge in [-0.15, -0.1) is 0 Å². The molecule has 0 aliphatic carbocycles. The largest absolute Gasteiger partial charge is 0.480 e. The number of aliphatic hydroxyl groups excluding tert-OH is 1. The summed E-state index contributed by atoms with van der Waals surface area (Å²) in [6.45, 7) is 17.7. The highest BCUT2D eigenvalue weighted by atomic mass is 32.2. The van der Waals surface area contributed by atoms with Gasteiger partial charge in [-0.05, 0) is 85.7 Å². The number of thioether (sulfide) groups is 1. The van der Waals surface area contributed by atoms with Gasteiger partial charge in [-0.1, -0.05) is 99.6 Å². The molecule has 0 aliphatic rings. The number of rotatable bonds is 31. The van der Waals surface area contributed by atoms with Crippen LogP contribution < -0.4 is 43.0 Å². The molecule has 0 heterocycles. The first kappa shape index (κ1) is 59.3. The number of carbonyl (C=O) groups excluding carboxylic acids is 7. The van der Waals surface area contributed by atoms with Gasteiger partial charge in [0.15, 0.2) is 0 Å². The number of nitrogens with two attached hydrogens (primary N) is 1. The molecule has 0 aliphatic heterocycles. The molecule has 0 spiro atoms. The molecule has 1 aromatic carbocycles. The van der Waals surface area contributed by atoms with Crippen molar-refractivity contribution in [1.82, 2.24) is 37.2 Å². The molecule has 18 nitrogen and oxygen atoms in total. The first-order valence-electron chi connectivity index (χ1n) is 23.1. The van der Waals surface area contributed by atoms with Crippen LogP contribution in [0.2, 0.25) is 0 Å². The average Bonchev–Trinajstić information content (AvgIpc) is 3.22. The van der Waals surface area contributed by atoms with E-state index in [4.69, 9.17) is 5.73 Å². The Hall–Kier alpha value is -4.75. The van der Waals surface area contributed by atoms with E-state index in [1.807, 2.05) is 75.5 Å². The molecule has 19 heteroatoms. The normalized spacial score (nSPS) is 15.2. The first-order chi connectivity index (χ1) is 30.9. The molecule has 7 amide bonds. The lowest BCUT2D eigenvalue weighted by Crippen LogP contribution is -2.61. The van der Waals surface area contributed by atoms with Crippen LogP contribution in [-0.4, -0.2) is 124 Å². The van der Waals surface area contributed by atoms with Crippen molar-refractivity contribution in [2.45, 2.75) is 163 Å². The Morgan fingerprint density at radius 1 is 0.485 bits per heavy atom. The van der Waals surface area contributed by atoms with Gasteiger partial charge in [0, 0.05) is 6.42 Å². The third-order valence-electron chi connectivity index (χ3n) is 10.4. The molecule has 0 saturated heterocycles. The number of carboxylic acid groups (broad SMARTS) is 1. The summed E-state index contributed by atoms with van der Waals surface area (Å²) in [4.78, 5) is 108. The van der Waals surface area contributed by atoms with Crippen molar-refractivity contribution in [1.29, 1.82) is 0 Å². The van der Waals surface area contributed by atoms with Crippen molar-refractivity contribution >= 4 is 59.1 Å². The number of carboxylic acids is 1. The Kier molecular flexibility index (Phi) is 27.4. The predicted molar refractivity (Wildman–Crippen MR) is 257 cm³/mol. The quantitative estimate of drug-likeness (QED) is 0.0512. The Balaban J connectivity index is 3.45. The van der Waals surface area contributed by atoms with E-state index in [0.717, 1.165) is 0 Å². The topological polar surface area (TPSA) is 287 Å².